The van der Waals surface area contributed by atoms with Gasteiger partial charge in [0, 0.05) is 19.1 Å². The van der Waals surface area contributed by atoms with Gasteiger partial charge in [-0.1, -0.05) is 12.1 Å². The highest BCUT2D eigenvalue weighted by molar-refractivity contribution is 7.89. The van der Waals surface area contributed by atoms with Gasteiger partial charge in [0.15, 0.2) is 0 Å². The maximum absolute atomic E-state index is 13.1. The number of halogens is 1. The summed E-state index contributed by atoms with van der Waals surface area (Å²) in [7, 11) is -3.67. The van der Waals surface area contributed by atoms with Crippen molar-refractivity contribution >= 4 is 21.5 Å². The Kier molecular flexibility index (Phi) is 4.99. The van der Waals surface area contributed by atoms with Gasteiger partial charge in [0.25, 0.3) is 5.91 Å². The molecule has 0 saturated heterocycles. The standard InChI is InChI=1S/C20H20FN3O3S/c21-15-4-8-17(9-5-15)28(26,27)24-12-10-14(11-13-24)18-2-1-3-19(23-18)20(25)22-16-6-7-16/h1-5,8-10,16H,6-7,11-13H2,(H,22,25). The van der Waals surface area contributed by atoms with Gasteiger partial charge in [0.05, 0.1) is 10.6 Å². The molecule has 1 aliphatic heterocycles. The number of aromatic nitrogens is 1. The zero-order valence-electron chi connectivity index (χ0n) is 15.1. The number of rotatable bonds is 5. The Morgan fingerprint density at radius 3 is 2.54 bits per heavy atom. The van der Waals surface area contributed by atoms with E-state index in [-0.39, 0.29) is 23.4 Å². The van der Waals surface area contributed by atoms with E-state index in [9.17, 15) is 17.6 Å². The van der Waals surface area contributed by atoms with Gasteiger partial charge in [0.1, 0.15) is 11.5 Å². The molecule has 2 heterocycles. The Labute approximate surface area is 163 Å². The number of hydrogen-bond acceptors (Lipinski definition) is 4. The molecule has 1 fully saturated rings. The minimum absolute atomic E-state index is 0.0719. The third-order valence-corrected chi connectivity index (χ3v) is 6.73. The van der Waals surface area contributed by atoms with E-state index in [1.807, 2.05) is 12.1 Å². The Morgan fingerprint density at radius 1 is 1.14 bits per heavy atom. The van der Waals surface area contributed by atoms with Crippen LogP contribution in [0.25, 0.3) is 5.57 Å². The first-order valence-electron chi connectivity index (χ1n) is 9.16. The van der Waals surface area contributed by atoms with Crippen molar-refractivity contribution in [3.05, 3.63) is 65.7 Å². The van der Waals surface area contributed by atoms with Crippen LogP contribution in [0, 0.1) is 5.82 Å². The van der Waals surface area contributed by atoms with E-state index in [1.54, 1.807) is 12.1 Å². The van der Waals surface area contributed by atoms with Gasteiger partial charge in [-0.15, -0.1) is 0 Å². The lowest BCUT2D eigenvalue weighted by Crippen LogP contribution is -2.34. The molecule has 146 valence electrons. The van der Waals surface area contributed by atoms with E-state index in [0.717, 1.165) is 30.5 Å². The Morgan fingerprint density at radius 2 is 1.89 bits per heavy atom. The molecule has 1 aromatic carbocycles. The molecule has 2 aromatic rings. The predicted octanol–water partition coefficient (Wildman–Crippen LogP) is 2.59. The summed E-state index contributed by atoms with van der Waals surface area (Å²) in [6.45, 7) is 0.501. The number of carbonyl (C=O) groups excluding carboxylic acids is 1. The Bertz CT molecular complexity index is 1030. The third-order valence-electron chi connectivity index (χ3n) is 4.85. The minimum atomic E-state index is -3.67. The molecule has 2 aliphatic rings. The summed E-state index contributed by atoms with van der Waals surface area (Å²) in [5.74, 6) is -0.655. The highest BCUT2D eigenvalue weighted by Crippen LogP contribution is 2.25. The van der Waals surface area contributed by atoms with E-state index in [2.05, 4.69) is 10.3 Å². The van der Waals surface area contributed by atoms with Gasteiger partial charge < -0.3 is 5.32 Å². The Hall–Kier alpha value is -2.58. The number of benzene rings is 1. The molecule has 8 heteroatoms. The summed E-state index contributed by atoms with van der Waals surface area (Å²) < 4.78 is 39.8. The molecule has 1 saturated carbocycles. The summed E-state index contributed by atoms with van der Waals surface area (Å²) in [6, 6.07) is 10.4. The first-order valence-corrected chi connectivity index (χ1v) is 10.6. The SMILES string of the molecule is O=C(NC1CC1)c1cccc(C2=CCN(S(=O)(=O)c3ccc(F)cc3)CC2)n1. The first kappa shape index (κ1) is 18.8. The van der Waals surface area contributed by atoms with E-state index >= 15 is 0 Å². The second kappa shape index (κ2) is 7.44. The average molecular weight is 401 g/mol. The van der Waals surface area contributed by atoms with Gasteiger partial charge in [-0.05, 0) is 61.2 Å². The van der Waals surface area contributed by atoms with Crippen molar-refractivity contribution in [1.29, 1.82) is 0 Å². The van der Waals surface area contributed by atoms with Gasteiger partial charge in [-0.25, -0.2) is 17.8 Å². The van der Waals surface area contributed by atoms with Crippen LogP contribution in [0.2, 0.25) is 0 Å². The lowest BCUT2D eigenvalue weighted by atomic mass is 10.1. The van der Waals surface area contributed by atoms with Crippen molar-refractivity contribution in [2.45, 2.75) is 30.2 Å². The number of sulfonamides is 1. The van der Waals surface area contributed by atoms with Crippen LogP contribution in [0.3, 0.4) is 0 Å². The fourth-order valence-corrected chi connectivity index (χ4v) is 4.46. The molecule has 4 rings (SSSR count). The van der Waals surface area contributed by atoms with Crippen LogP contribution in [-0.2, 0) is 10.0 Å². The molecule has 0 bridgehead atoms. The predicted molar refractivity (Wildman–Crippen MR) is 102 cm³/mol. The van der Waals surface area contributed by atoms with Crippen LogP contribution in [0.1, 0.15) is 35.4 Å². The number of hydrogen-bond donors (Lipinski definition) is 1. The maximum atomic E-state index is 13.1. The quantitative estimate of drug-likeness (QED) is 0.835. The number of nitrogens with one attached hydrogen (secondary N) is 1. The van der Waals surface area contributed by atoms with Crippen molar-refractivity contribution < 1.29 is 17.6 Å². The highest BCUT2D eigenvalue weighted by Gasteiger charge is 2.27. The van der Waals surface area contributed by atoms with Crippen LogP contribution < -0.4 is 5.32 Å². The van der Waals surface area contributed by atoms with Crippen LogP contribution in [-0.4, -0.2) is 42.7 Å². The first-order chi connectivity index (χ1) is 13.4. The molecule has 0 radical (unpaired) electrons. The molecule has 6 nitrogen and oxygen atoms in total. The van der Waals surface area contributed by atoms with Crippen molar-refractivity contribution in [3.8, 4) is 0 Å². The average Bonchev–Trinajstić information content (AvgIpc) is 3.52. The fourth-order valence-electron chi connectivity index (χ4n) is 3.08. The lowest BCUT2D eigenvalue weighted by molar-refractivity contribution is 0.0946. The van der Waals surface area contributed by atoms with Gasteiger partial charge in [-0.2, -0.15) is 4.31 Å². The van der Waals surface area contributed by atoms with Crippen molar-refractivity contribution in [2.24, 2.45) is 0 Å². The third kappa shape index (κ3) is 3.98. The molecule has 1 amide bonds. The van der Waals surface area contributed by atoms with Crippen LogP contribution in [0.4, 0.5) is 4.39 Å². The monoisotopic (exact) mass is 401 g/mol. The summed E-state index contributed by atoms with van der Waals surface area (Å²) >= 11 is 0. The van der Waals surface area contributed by atoms with Crippen molar-refractivity contribution in [3.63, 3.8) is 0 Å². The van der Waals surface area contributed by atoms with E-state index in [4.69, 9.17) is 0 Å². The summed E-state index contributed by atoms with van der Waals surface area (Å²) in [5.41, 5.74) is 1.96. The van der Waals surface area contributed by atoms with Gasteiger partial charge in [-0.3, -0.25) is 4.79 Å². The van der Waals surface area contributed by atoms with Gasteiger partial charge in [0.2, 0.25) is 10.0 Å². The van der Waals surface area contributed by atoms with E-state index in [1.165, 1.54) is 16.4 Å². The summed E-state index contributed by atoms with van der Waals surface area (Å²) in [5, 5.41) is 2.91. The van der Waals surface area contributed by atoms with E-state index in [0.29, 0.717) is 24.4 Å². The number of pyridine rings is 1. The zero-order chi connectivity index (χ0) is 19.7. The number of nitrogens with zero attached hydrogens (tertiary/aromatic N) is 2. The molecule has 1 aliphatic carbocycles. The zero-order valence-corrected chi connectivity index (χ0v) is 16.0. The van der Waals surface area contributed by atoms with Gasteiger partial charge >= 0.3 is 0 Å². The summed E-state index contributed by atoms with van der Waals surface area (Å²) in [4.78, 5) is 16.7. The number of amides is 1. The maximum Gasteiger partial charge on any atom is 0.270 e. The molecule has 0 unspecified atom stereocenters. The molecule has 1 aromatic heterocycles. The minimum Gasteiger partial charge on any atom is -0.348 e. The second-order valence-electron chi connectivity index (χ2n) is 6.95. The number of carbonyl (C=O) groups is 1. The van der Waals surface area contributed by atoms with Crippen molar-refractivity contribution in [2.75, 3.05) is 13.1 Å². The largest absolute Gasteiger partial charge is 0.348 e. The normalized spacial score (nSPS) is 17.8. The topological polar surface area (TPSA) is 79.4 Å². The molecular weight excluding hydrogens is 381 g/mol. The molecule has 1 N–H and O–H groups in total. The molecule has 0 spiro atoms. The molecular formula is C20H20FN3O3S. The smallest absolute Gasteiger partial charge is 0.270 e. The van der Waals surface area contributed by atoms with Crippen LogP contribution in [0.15, 0.2) is 53.4 Å². The van der Waals surface area contributed by atoms with E-state index < -0.39 is 15.8 Å². The highest BCUT2D eigenvalue weighted by atomic mass is 32.2. The summed E-state index contributed by atoms with van der Waals surface area (Å²) in [6.07, 6.45) is 4.32. The fraction of sp³-hybridized carbons (Fsp3) is 0.300. The lowest BCUT2D eigenvalue weighted by Gasteiger charge is -2.25. The second-order valence-corrected chi connectivity index (χ2v) is 8.89. The van der Waals surface area contributed by atoms with Crippen LogP contribution in [0.5, 0.6) is 0 Å². The molecule has 28 heavy (non-hydrogen) atoms. The van der Waals surface area contributed by atoms with Crippen molar-refractivity contribution in [1.82, 2.24) is 14.6 Å². The van der Waals surface area contributed by atoms with Crippen LogP contribution >= 0.6 is 0 Å². The molecule has 0 atom stereocenters. The Balaban J connectivity index is 1.49.